The number of hydrogen-bond acceptors (Lipinski definition) is 7. The van der Waals surface area contributed by atoms with Crippen LogP contribution in [0, 0.1) is 5.82 Å². The van der Waals surface area contributed by atoms with E-state index >= 15 is 0 Å². The molecule has 2 heterocycles. The molecule has 15 heteroatoms. The number of aromatic nitrogens is 3. The lowest BCUT2D eigenvalue weighted by Crippen LogP contribution is -2.31. The summed E-state index contributed by atoms with van der Waals surface area (Å²) in [6.07, 6.45) is -1.78. The van der Waals surface area contributed by atoms with Crippen LogP contribution in [0.1, 0.15) is 30.9 Å². The Labute approximate surface area is 258 Å². The summed E-state index contributed by atoms with van der Waals surface area (Å²) in [6, 6.07) is 16.7. The number of rotatable bonds is 7. The summed E-state index contributed by atoms with van der Waals surface area (Å²) >= 11 is 6.54. The van der Waals surface area contributed by atoms with Crippen molar-refractivity contribution in [3.8, 4) is 22.8 Å². The van der Waals surface area contributed by atoms with Crippen LogP contribution in [0.25, 0.3) is 17.1 Å². The largest absolute Gasteiger partial charge is 0.573 e. The number of anilines is 1. The molecule has 0 aliphatic carbocycles. The van der Waals surface area contributed by atoms with E-state index in [1.807, 2.05) is 13.8 Å². The Morgan fingerprint density at radius 3 is 2.52 bits per heavy atom. The van der Waals surface area contributed by atoms with Crippen LogP contribution in [0.4, 0.5) is 23.2 Å². The number of thiocarbonyl (C=S) groups is 1. The second kappa shape index (κ2) is 12.9. The van der Waals surface area contributed by atoms with Crippen molar-refractivity contribution in [2.24, 2.45) is 10.1 Å². The molecule has 0 bridgehead atoms. The van der Waals surface area contributed by atoms with E-state index in [1.165, 1.54) is 70.3 Å². The van der Waals surface area contributed by atoms with Gasteiger partial charge in [-0.15, -0.1) is 18.3 Å². The normalized spacial score (nSPS) is 14.7. The number of benzene rings is 3. The van der Waals surface area contributed by atoms with Crippen molar-refractivity contribution in [3.05, 3.63) is 90.0 Å². The number of amides is 1. The summed E-state index contributed by atoms with van der Waals surface area (Å²) in [7, 11) is 0. The van der Waals surface area contributed by atoms with Gasteiger partial charge in [0.15, 0.2) is 11.0 Å². The molecule has 44 heavy (non-hydrogen) atoms. The quantitative estimate of drug-likeness (QED) is 0.107. The van der Waals surface area contributed by atoms with E-state index in [-0.39, 0.29) is 34.3 Å². The highest BCUT2D eigenvalue weighted by molar-refractivity contribution is 8.15. The molecule has 4 aromatic rings. The van der Waals surface area contributed by atoms with Gasteiger partial charge in [-0.2, -0.15) is 10.1 Å². The third-order valence-corrected chi connectivity index (χ3v) is 7.29. The topological polar surface area (TPSA) is 97.0 Å². The molecule has 0 saturated carbocycles. The molecule has 1 amide bonds. The van der Waals surface area contributed by atoms with Gasteiger partial charge in [0.1, 0.15) is 17.9 Å². The first-order valence-corrected chi connectivity index (χ1v) is 14.4. The molecular weight excluding hydrogens is 618 g/mol. The van der Waals surface area contributed by atoms with Crippen LogP contribution in [0.3, 0.4) is 0 Å². The van der Waals surface area contributed by atoms with Gasteiger partial charge in [-0.05, 0) is 71.7 Å². The number of halogens is 4. The molecule has 1 aromatic heterocycles. The zero-order chi connectivity index (χ0) is 31.4. The van der Waals surface area contributed by atoms with Crippen LogP contribution in [-0.2, 0) is 4.79 Å². The van der Waals surface area contributed by atoms with Gasteiger partial charge >= 0.3 is 6.36 Å². The summed E-state index contributed by atoms with van der Waals surface area (Å²) in [5, 5.41) is 8.93. The van der Waals surface area contributed by atoms with Gasteiger partial charge in [0.05, 0.1) is 23.3 Å². The molecule has 5 rings (SSSR count). The average Bonchev–Trinajstić information content (AvgIpc) is 3.60. The second-order valence-corrected chi connectivity index (χ2v) is 11.0. The van der Waals surface area contributed by atoms with Crippen molar-refractivity contribution >= 4 is 52.1 Å². The third kappa shape index (κ3) is 7.47. The molecule has 0 radical (unpaired) electrons. The molecule has 1 aliphatic heterocycles. The fourth-order valence-electron chi connectivity index (χ4n) is 4.19. The minimum Gasteiger partial charge on any atom is -0.406 e. The lowest BCUT2D eigenvalue weighted by atomic mass is 10.0. The summed E-state index contributed by atoms with van der Waals surface area (Å²) < 4.78 is 56.4. The van der Waals surface area contributed by atoms with Gasteiger partial charge in [0.2, 0.25) is 11.0 Å². The number of hydrazone groups is 1. The zero-order valence-corrected chi connectivity index (χ0v) is 24.8. The number of alkyl halides is 3. The Morgan fingerprint density at radius 2 is 1.84 bits per heavy atom. The molecule has 9 nitrogen and oxygen atoms in total. The highest BCUT2D eigenvalue weighted by Crippen LogP contribution is 2.34. The predicted octanol–water partition coefficient (Wildman–Crippen LogP) is 6.44. The van der Waals surface area contributed by atoms with Crippen molar-refractivity contribution in [2.75, 3.05) is 10.7 Å². The number of nitrogens with one attached hydrogen (secondary N) is 1. The van der Waals surface area contributed by atoms with Gasteiger partial charge in [-0.3, -0.25) is 15.1 Å². The number of hydrogen-bond donors (Lipinski definition) is 1. The zero-order valence-electron chi connectivity index (χ0n) is 23.1. The van der Waals surface area contributed by atoms with Gasteiger partial charge in [-0.1, -0.05) is 49.9 Å². The van der Waals surface area contributed by atoms with Crippen LogP contribution in [0.5, 0.6) is 5.75 Å². The van der Waals surface area contributed by atoms with E-state index in [0.29, 0.717) is 33.5 Å². The van der Waals surface area contributed by atoms with Crippen molar-refractivity contribution in [1.29, 1.82) is 0 Å². The number of thioether (sulfide) groups is 1. The number of carbonyl (C=O) groups excluding carboxylic acids is 1. The molecule has 0 unspecified atom stereocenters. The maximum Gasteiger partial charge on any atom is 0.573 e. The maximum atomic E-state index is 13.9. The summed E-state index contributed by atoms with van der Waals surface area (Å²) in [5.74, 6) is -0.317. The molecule has 226 valence electrons. The molecule has 1 N–H and O–H groups in total. The van der Waals surface area contributed by atoms with Crippen molar-refractivity contribution in [3.63, 3.8) is 0 Å². The lowest BCUT2D eigenvalue weighted by Gasteiger charge is -2.21. The van der Waals surface area contributed by atoms with Crippen molar-refractivity contribution < 1.29 is 27.1 Å². The maximum absolute atomic E-state index is 13.9. The third-order valence-electron chi connectivity index (χ3n) is 6.18. The first kappa shape index (κ1) is 30.8. The number of nitrogens with zero attached hydrogens (tertiary/aromatic N) is 6. The molecule has 3 aromatic carbocycles. The number of aliphatic imine (C=N–C) groups is 1. The lowest BCUT2D eigenvalue weighted by molar-refractivity contribution is -0.274. The summed E-state index contributed by atoms with van der Waals surface area (Å²) in [4.78, 5) is 22.8. The smallest absolute Gasteiger partial charge is 0.406 e. The van der Waals surface area contributed by atoms with E-state index in [4.69, 9.17) is 12.2 Å². The molecule has 1 saturated heterocycles. The van der Waals surface area contributed by atoms with Crippen LogP contribution in [-0.4, -0.2) is 49.3 Å². The van der Waals surface area contributed by atoms with Gasteiger partial charge in [0.25, 0.3) is 0 Å². The summed E-state index contributed by atoms with van der Waals surface area (Å²) in [6.45, 7) is 3.84. The first-order valence-electron chi connectivity index (χ1n) is 13.0. The van der Waals surface area contributed by atoms with Crippen LogP contribution >= 0.6 is 24.0 Å². The highest BCUT2D eigenvalue weighted by Gasteiger charge is 2.32. The molecular formula is C29H23F4N7O2S2. The highest BCUT2D eigenvalue weighted by atomic mass is 32.2. The standard InChI is InChI=1S/C29H23F4N7O2S2/c1-17(2)23-13-20(30)7-12-24(23)40-25(41)15-44-28(40)36-27(43)37-35-14-18-3-5-19(6-4-18)26-34-16-39(38-26)21-8-10-22(11-9-21)42-29(31,32)33/h3-14,16-17H,15H2,1-2H3,(H,37,43)/b35-14+,36-28?. The summed E-state index contributed by atoms with van der Waals surface area (Å²) in [5.41, 5.74) is 5.87. The second-order valence-electron chi connectivity index (χ2n) is 9.62. The number of carbonyl (C=O) groups is 1. The fraction of sp³-hybridized carbons (Fsp3) is 0.172. The SMILES string of the molecule is CC(C)c1cc(F)ccc1N1C(=O)CSC1=NC(=S)N/N=C/c1ccc(-c2ncn(-c3ccc(OC(F)(F)F)cc3)n2)cc1. The molecule has 0 spiro atoms. The molecule has 1 fully saturated rings. The van der Waals surface area contributed by atoms with Gasteiger partial charge in [-0.25, -0.2) is 14.1 Å². The van der Waals surface area contributed by atoms with Crippen LogP contribution < -0.4 is 15.1 Å². The van der Waals surface area contributed by atoms with Gasteiger partial charge < -0.3 is 4.74 Å². The van der Waals surface area contributed by atoms with Crippen LogP contribution in [0.2, 0.25) is 0 Å². The van der Waals surface area contributed by atoms with E-state index < -0.39 is 6.36 Å². The Morgan fingerprint density at radius 1 is 1.11 bits per heavy atom. The van der Waals surface area contributed by atoms with E-state index in [0.717, 1.165) is 5.56 Å². The Balaban J connectivity index is 1.21. The average molecular weight is 642 g/mol. The van der Waals surface area contributed by atoms with Gasteiger partial charge in [0, 0.05) is 5.56 Å². The molecule has 0 atom stereocenters. The van der Waals surface area contributed by atoms with E-state index in [9.17, 15) is 22.4 Å². The first-order chi connectivity index (χ1) is 21.0. The number of amidine groups is 1. The Bertz CT molecular complexity index is 1740. The minimum atomic E-state index is -4.77. The van der Waals surface area contributed by atoms with Crippen molar-refractivity contribution in [2.45, 2.75) is 26.1 Å². The van der Waals surface area contributed by atoms with E-state index in [2.05, 4.69) is 30.3 Å². The van der Waals surface area contributed by atoms with Crippen molar-refractivity contribution in [1.82, 2.24) is 20.2 Å². The minimum absolute atomic E-state index is 0.0181. The molecule has 1 aliphatic rings. The Kier molecular flexibility index (Phi) is 9.06. The Hall–Kier alpha value is -4.63. The fourth-order valence-corrected chi connectivity index (χ4v) is 5.25. The monoisotopic (exact) mass is 641 g/mol. The predicted molar refractivity (Wildman–Crippen MR) is 165 cm³/mol. The van der Waals surface area contributed by atoms with Crippen LogP contribution in [0.15, 0.2) is 83.2 Å². The van der Waals surface area contributed by atoms with E-state index in [1.54, 1.807) is 30.3 Å². The number of ether oxygens (including phenoxy) is 1.